The van der Waals surface area contributed by atoms with E-state index in [1.807, 2.05) is 0 Å². The maximum absolute atomic E-state index is 8.77. The van der Waals surface area contributed by atoms with Gasteiger partial charge in [0.05, 0.1) is 0 Å². The van der Waals surface area contributed by atoms with E-state index < -0.39 is 0 Å². The lowest BCUT2D eigenvalue weighted by Crippen LogP contribution is -2.53. The van der Waals surface area contributed by atoms with Gasteiger partial charge in [0.15, 0.2) is 0 Å². The molecule has 1 aliphatic rings. The van der Waals surface area contributed by atoms with Crippen LogP contribution in [0, 0.1) is 5.92 Å². The van der Waals surface area contributed by atoms with Crippen molar-refractivity contribution in [1.29, 1.82) is 0 Å². The Morgan fingerprint density at radius 2 is 2.15 bits per heavy atom. The monoisotopic (exact) mass is 186 g/mol. The molecule has 0 bridgehead atoms. The van der Waals surface area contributed by atoms with Crippen LogP contribution in [0.2, 0.25) is 0 Å². The second kappa shape index (κ2) is 5.58. The predicted molar refractivity (Wildman–Crippen MR) is 54.7 cm³/mol. The first-order valence-corrected chi connectivity index (χ1v) is 5.30. The summed E-state index contributed by atoms with van der Waals surface area (Å²) in [6.07, 6.45) is 2.09. The van der Waals surface area contributed by atoms with Crippen molar-refractivity contribution in [3.63, 3.8) is 0 Å². The van der Waals surface area contributed by atoms with E-state index >= 15 is 0 Å². The fourth-order valence-electron chi connectivity index (χ4n) is 1.82. The van der Waals surface area contributed by atoms with Crippen molar-refractivity contribution in [3.8, 4) is 0 Å². The minimum Gasteiger partial charge on any atom is -0.396 e. The topological polar surface area (TPSA) is 44.3 Å². The first-order chi connectivity index (χ1) is 6.22. The molecule has 3 heteroatoms. The smallest absolute Gasteiger partial charge is 0.0433 e. The Bertz CT molecular complexity index is 133. The standard InChI is InChI=1S/C10H22N2O/c1-8(3-4-13)5-10-7-11-9(2)6-12-10/h8-13H,3-7H2,1-2H3. The number of hydrogen-bond donors (Lipinski definition) is 3. The molecule has 0 radical (unpaired) electrons. The van der Waals surface area contributed by atoms with E-state index in [9.17, 15) is 0 Å². The zero-order valence-corrected chi connectivity index (χ0v) is 8.71. The molecule has 0 saturated carbocycles. The summed E-state index contributed by atoms with van der Waals surface area (Å²) in [5, 5.41) is 15.7. The Kier molecular flexibility index (Phi) is 4.70. The lowest BCUT2D eigenvalue weighted by molar-refractivity contribution is 0.240. The molecule has 3 nitrogen and oxygen atoms in total. The summed E-state index contributed by atoms with van der Waals surface area (Å²) < 4.78 is 0. The molecular formula is C10H22N2O. The second-order valence-corrected chi connectivity index (χ2v) is 4.27. The summed E-state index contributed by atoms with van der Waals surface area (Å²) in [5.74, 6) is 0.623. The van der Waals surface area contributed by atoms with Gasteiger partial charge in [-0.05, 0) is 25.7 Å². The SMILES string of the molecule is CC(CCO)CC1CNC(C)CN1. The number of aliphatic hydroxyl groups excluding tert-OH is 1. The molecule has 1 fully saturated rings. The maximum atomic E-state index is 8.77. The fourth-order valence-corrected chi connectivity index (χ4v) is 1.82. The molecule has 1 rings (SSSR count). The largest absolute Gasteiger partial charge is 0.396 e. The minimum atomic E-state index is 0.317. The van der Waals surface area contributed by atoms with Crippen LogP contribution in [0.1, 0.15) is 26.7 Å². The first kappa shape index (κ1) is 11.0. The molecule has 0 amide bonds. The Balaban J connectivity index is 2.14. The van der Waals surface area contributed by atoms with Crippen LogP contribution < -0.4 is 10.6 Å². The summed E-state index contributed by atoms with van der Waals surface area (Å²) in [5.41, 5.74) is 0. The van der Waals surface area contributed by atoms with Crippen molar-refractivity contribution in [2.75, 3.05) is 19.7 Å². The van der Waals surface area contributed by atoms with Gasteiger partial charge in [-0.3, -0.25) is 0 Å². The molecule has 13 heavy (non-hydrogen) atoms. The lowest BCUT2D eigenvalue weighted by Gasteiger charge is -2.30. The van der Waals surface area contributed by atoms with Gasteiger partial charge < -0.3 is 15.7 Å². The van der Waals surface area contributed by atoms with E-state index in [4.69, 9.17) is 5.11 Å². The summed E-state index contributed by atoms with van der Waals surface area (Å²) in [7, 11) is 0. The highest BCUT2D eigenvalue weighted by Gasteiger charge is 2.18. The number of hydrogen-bond acceptors (Lipinski definition) is 3. The van der Waals surface area contributed by atoms with Gasteiger partial charge >= 0.3 is 0 Å². The Morgan fingerprint density at radius 3 is 2.69 bits per heavy atom. The van der Waals surface area contributed by atoms with Crippen molar-refractivity contribution in [3.05, 3.63) is 0 Å². The molecular weight excluding hydrogens is 164 g/mol. The van der Waals surface area contributed by atoms with Gasteiger partial charge in [-0.1, -0.05) is 6.92 Å². The number of aliphatic hydroxyl groups is 1. The molecule has 1 saturated heterocycles. The van der Waals surface area contributed by atoms with Gasteiger partial charge in [0, 0.05) is 31.8 Å². The molecule has 3 atom stereocenters. The van der Waals surface area contributed by atoms with Crippen molar-refractivity contribution >= 4 is 0 Å². The third-order valence-corrected chi connectivity index (χ3v) is 2.73. The van der Waals surface area contributed by atoms with Gasteiger partial charge in [0.2, 0.25) is 0 Å². The molecule has 3 unspecified atom stereocenters. The summed E-state index contributed by atoms with van der Waals surface area (Å²) in [4.78, 5) is 0. The van der Waals surface area contributed by atoms with Crippen molar-refractivity contribution < 1.29 is 5.11 Å². The minimum absolute atomic E-state index is 0.317. The highest BCUT2D eigenvalue weighted by atomic mass is 16.3. The Hall–Kier alpha value is -0.120. The highest BCUT2D eigenvalue weighted by Crippen LogP contribution is 2.11. The van der Waals surface area contributed by atoms with Crippen molar-refractivity contribution in [2.24, 2.45) is 5.92 Å². The van der Waals surface area contributed by atoms with Gasteiger partial charge in [-0.2, -0.15) is 0 Å². The number of piperazine rings is 1. The van der Waals surface area contributed by atoms with E-state index in [2.05, 4.69) is 24.5 Å². The Morgan fingerprint density at radius 1 is 1.38 bits per heavy atom. The zero-order valence-electron chi connectivity index (χ0n) is 8.71. The van der Waals surface area contributed by atoms with E-state index in [-0.39, 0.29) is 0 Å². The molecule has 3 N–H and O–H groups in total. The maximum Gasteiger partial charge on any atom is 0.0433 e. The third kappa shape index (κ3) is 4.07. The summed E-state index contributed by atoms with van der Waals surface area (Å²) in [6, 6.07) is 1.20. The van der Waals surface area contributed by atoms with Gasteiger partial charge in [0.1, 0.15) is 0 Å². The molecule has 1 aliphatic heterocycles. The van der Waals surface area contributed by atoms with Crippen molar-refractivity contribution in [1.82, 2.24) is 10.6 Å². The van der Waals surface area contributed by atoms with Crippen LogP contribution in [0.25, 0.3) is 0 Å². The van der Waals surface area contributed by atoms with Crippen LogP contribution in [0.3, 0.4) is 0 Å². The van der Waals surface area contributed by atoms with E-state index in [1.165, 1.54) is 6.42 Å². The number of rotatable bonds is 4. The normalized spacial score (nSPS) is 31.6. The fraction of sp³-hybridized carbons (Fsp3) is 1.00. The van der Waals surface area contributed by atoms with Crippen LogP contribution in [-0.2, 0) is 0 Å². The van der Waals surface area contributed by atoms with Crippen LogP contribution in [0.15, 0.2) is 0 Å². The van der Waals surface area contributed by atoms with E-state index in [1.54, 1.807) is 0 Å². The average Bonchev–Trinajstić information content (AvgIpc) is 2.09. The highest BCUT2D eigenvalue weighted by molar-refractivity contribution is 4.81. The molecule has 0 aromatic rings. The summed E-state index contributed by atoms with van der Waals surface area (Å²) >= 11 is 0. The first-order valence-electron chi connectivity index (χ1n) is 5.30. The molecule has 78 valence electrons. The number of nitrogens with one attached hydrogen (secondary N) is 2. The van der Waals surface area contributed by atoms with Gasteiger partial charge in [0.25, 0.3) is 0 Å². The molecule has 1 heterocycles. The molecule has 0 aliphatic carbocycles. The average molecular weight is 186 g/mol. The van der Waals surface area contributed by atoms with Crippen molar-refractivity contribution in [2.45, 2.75) is 38.8 Å². The van der Waals surface area contributed by atoms with E-state index in [0.29, 0.717) is 24.6 Å². The predicted octanol–water partition coefficient (Wildman–Crippen LogP) is 0.345. The van der Waals surface area contributed by atoms with E-state index in [0.717, 1.165) is 19.5 Å². The second-order valence-electron chi connectivity index (χ2n) is 4.27. The van der Waals surface area contributed by atoms with Gasteiger partial charge in [-0.15, -0.1) is 0 Å². The summed E-state index contributed by atoms with van der Waals surface area (Å²) in [6.45, 7) is 6.85. The molecule has 0 aromatic carbocycles. The van der Waals surface area contributed by atoms with Crippen LogP contribution in [0.5, 0.6) is 0 Å². The molecule has 0 aromatic heterocycles. The van der Waals surface area contributed by atoms with Crippen LogP contribution in [-0.4, -0.2) is 36.9 Å². The third-order valence-electron chi connectivity index (χ3n) is 2.73. The quantitative estimate of drug-likeness (QED) is 0.593. The van der Waals surface area contributed by atoms with Crippen LogP contribution in [0.4, 0.5) is 0 Å². The lowest BCUT2D eigenvalue weighted by atomic mass is 9.97. The zero-order chi connectivity index (χ0) is 9.68. The van der Waals surface area contributed by atoms with Gasteiger partial charge in [-0.25, -0.2) is 0 Å². The Labute approximate surface area is 80.9 Å². The van der Waals surface area contributed by atoms with Crippen LogP contribution >= 0.6 is 0 Å². The molecule has 0 spiro atoms.